The lowest BCUT2D eigenvalue weighted by atomic mass is 10.2. The Kier molecular flexibility index (Phi) is 3.51. The molecular formula is C15H13FN4O. The van der Waals surface area contributed by atoms with E-state index in [4.69, 9.17) is 0 Å². The Hall–Kier alpha value is -2.89. The van der Waals surface area contributed by atoms with Gasteiger partial charge in [-0.2, -0.15) is 0 Å². The molecule has 0 unspecified atom stereocenters. The Labute approximate surface area is 120 Å². The lowest BCUT2D eigenvalue weighted by Crippen LogP contribution is -2.33. The summed E-state index contributed by atoms with van der Waals surface area (Å²) in [6.45, 7) is 0.318. The number of fused-ring (bicyclic) bond motifs is 1. The van der Waals surface area contributed by atoms with Crippen molar-refractivity contribution in [1.82, 2.24) is 15.0 Å². The predicted octanol–water partition coefficient (Wildman–Crippen LogP) is 2.63. The van der Waals surface area contributed by atoms with Crippen LogP contribution in [0, 0.1) is 5.82 Å². The zero-order chi connectivity index (χ0) is 14.7. The molecule has 3 aromatic rings. The summed E-state index contributed by atoms with van der Waals surface area (Å²) in [6, 6.07) is 13.1. The maximum absolute atomic E-state index is 12.8. The van der Waals surface area contributed by atoms with Crippen molar-refractivity contribution in [2.75, 3.05) is 5.43 Å². The summed E-state index contributed by atoms with van der Waals surface area (Å²) in [7, 11) is 0. The Bertz CT molecular complexity index is 767. The zero-order valence-corrected chi connectivity index (χ0v) is 11.1. The van der Waals surface area contributed by atoms with E-state index in [-0.39, 0.29) is 11.8 Å². The third-order valence-electron chi connectivity index (χ3n) is 3.04. The molecule has 0 aliphatic rings. The first kappa shape index (κ1) is 13.1. The molecule has 1 heterocycles. The number of halogens is 1. The van der Waals surface area contributed by atoms with Crippen LogP contribution < -0.4 is 10.7 Å². The molecule has 5 nitrogen and oxygen atoms in total. The first-order valence-corrected chi connectivity index (χ1v) is 6.44. The second-order valence-corrected chi connectivity index (χ2v) is 4.52. The normalized spacial score (nSPS) is 10.5. The van der Waals surface area contributed by atoms with E-state index in [9.17, 15) is 9.18 Å². The van der Waals surface area contributed by atoms with Crippen molar-refractivity contribution >= 4 is 17.1 Å². The first-order valence-electron chi connectivity index (χ1n) is 6.44. The molecule has 0 spiro atoms. The van der Waals surface area contributed by atoms with Crippen LogP contribution >= 0.6 is 0 Å². The van der Waals surface area contributed by atoms with Crippen molar-refractivity contribution in [2.45, 2.75) is 6.54 Å². The van der Waals surface area contributed by atoms with Gasteiger partial charge in [0, 0.05) is 6.54 Å². The largest absolute Gasteiger partial charge is 0.334 e. The third-order valence-corrected chi connectivity index (χ3v) is 3.04. The highest BCUT2D eigenvalue weighted by molar-refractivity contribution is 5.84. The van der Waals surface area contributed by atoms with Gasteiger partial charge in [0.15, 0.2) is 0 Å². The lowest BCUT2D eigenvalue weighted by Gasteiger charge is -2.09. The third kappa shape index (κ3) is 3.00. The van der Waals surface area contributed by atoms with Crippen LogP contribution in [-0.2, 0) is 6.54 Å². The number of carbonyl (C=O) groups excluding carboxylic acids is 1. The monoisotopic (exact) mass is 284 g/mol. The van der Waals surface area contributed by atoms with Gasteiger partial charge < -0.3 is 5.32 Å². The summed E-state index contributed by atoms with van der Waals surface area (Å²) >= 11 is 0. The van der Waals surface area contributed by atoms with E-state index in [0.29, 0.717) is 6.54 Å². The number of imidazole rings is 1. The SMILES string of the molecule is O=C(NCc1ccc(F)cc1)Nn1cnc2ccccc21. The molecule has 0 atom stereocenters. The molecule has 2 aromatic carbocycles. The summed E-state index contributed by atoms with van der Waals surface area (Å²) in [4.78, 5) is 16.0. The van der Waals surface area contributed by atoms with Crippen LogP contribution in [0.4, 0.5) is 9.18 Å². The van der Waals surface area contributed by atoms with Gasteiger partial charge >= 0.3 is 6.03 Å². The quantitative estimate of drug-likeness (QED) is 0.776. The Morgan fingerprint density at radius 2 is 1.90 bits per heavy atom. The number of carbonyl (C=O) groups is 1. The van der Waals surface area contributed by atoms with E-state index in [1.54, 1.807) is 23.1 Å². The maximum atomic E-state index is 12.8. The highest BCUT2D eigenvalue weighted by atomic mass is 19.1. The fourth-order valence-electron chi connectivity index (χ4n) is 1.98. The van der Waals surface area contributed by atoms with Gasteiger partial charge in [-0.3, -0.25) is 0 Å². The van der Waals surface area contributed by atoms with Crippen molar-refractivity contribution in [3.8, 4) is 0 Å². The molecule has 0 aliphatic carbocycles. The molecular weight excluding hydrogens is 271 g/mol. The van der Waals surface area contributed by atoms with E-state index < -0.39 is 0 Å². The van der Waals surface area contributed by atoms with Crippen LogP contribution in [0.25, 0.3) is 11.0 Å². The smallest absolute Gasteiger partial charge is 0.333 e. The van der Waals surface area contributed by atoms with Gasteiger partial charge in [-0.15, -0.1) is 0 Å². The van der Waals surface area contributed by atoms with Gasteiger partial charge in [0.05, 0.1) is 11.0 Å². The van der Waals surface area contributed by atoms with Crippen LogP contribution in [0.5, 0.6) is 0 Å². The van der Waals surface area contributed by atoms with Crippen molar-refractivity contribution < 1.29 is 9.18 Å². The number of aromatic nitrogens is 2. The Morgan fingerprint density at radius 3 is 2.71 bits per heavy atom. The van der Waals surface area contributed by atoms with Crippen molar-refractivity contribution in [3.05, 3.63) is 66.2 Å². The molecule has 6 heteroatoms. The summed E-state index contributed by atoms with van der Waals surface area (Å²) < 4.78 is 14.3. The van der Waals surface area contributed by atoms with E-state index in [1.165, 1.54) is 12.1 Å². The number of hydrogen-bond donors (Lipinski definition) is 2. The fraction of sp³-hybridized carbons (Fsp3) is 0.0667. The molecule has 2 amide bonds. The van der Waals surface area contributed by atoms with Crippen LogP contribution in [-0.4, -0.2) is 15.7 Å². The lowest BCUT2D eigenvalue weighted by molar-refractivity contribution is 0.249. The summed E-state index contributed by atoms with van der Waals surface area (Å²) in [5.41, 5.74) is 5.11. The van der Waals surface area contributed by atoms with Gasteiger partial charge in [-0.05, 0) is 29.8 Å². The summed E-state index contributed by atoms with van der Waals surface area (Å²) in [6.07, 6.45) is 1.54. The van der Waals surface area contributed by atoms with Gasteiger partial charge in [0.25, 0.3) is 0 Å². The maximum Gasteiger partial charge on any atom is 0.334 e. The molecule has 0 aliphatic heterocycles. The van der Waals surface area contributed by atoms with Crippen molar-refractivity contribution in [3.63, 3.8) is 0 Å². The number of para-hydroxylation sites is 2. The second kappa shape index (κ2) is 5.62. The Morgan fingerprint density at radius 1 is 1.14 bits per heavy atom. The van der Waals surface area contributed by atoms with Crippen LogP contribution in [0.2, 0.25) is 0 Å². The van der Waals surface area contributed by atoms with Crippen LogP contribution in [0.3, 0.4) is 0 Å². The average molecular weight is 284 g/mol. The molecule has 0 saturated carbocycles. The van der Waals surface area contributed by atoms with Gasteiger partial charge in [0.1, 0.15) is 12.1 Å². The number of rotatable bonds is 3. The molecule has 3 rings (SSSR count). The standard InChI is InChI=1S/C15H13FN4O/c16-12-7-5-11(6-8-12)9-17-15(21)19-20-10-18-13-3-1-2-4-14(13)20/h1-8,10H,9H2,(H2,17,19,21). The highest BCUT2D eigenvalue weighted by Gasteiger charge is 2.05. The molecule has 106 valence electrons. The minimum Gasteiger partial charge on any atom is -0.333 e. The predicted molar refractivity (Wildman–Crippen MR) is 77.7 cm³/mol. The van der Waals surface area contributed by atoms with Gasteiger partial charge in [-0.25, -0.2) is 24.3 Å². The van der Waals surface area contributed by atoms with E-state index in [2.05, 4.69) is 15.7 Å². The molecule has 2 N–H and O–H groups in total. The van der Waals surface area contributed by atoms with Crippen molar-refractivity contribution in [2.24, 2.45) is 0 Å². The number of amides is 2. The summed E-state index contributed by atoms with van der Waals surface area (Å²) in [5.74, 6) is -0.298. The second-order valence-electron chi connectivity index (χ2n) is 4.52. The molecule has 1 aromatic heterocycles. The van der Waals surface area contributed by atoms with Crippen LogP contribution in [0.1, 0.15) is 5.56 Å². The molecule has 0 fully saturated rings. The molecule has 0 radical (unpaired) electrons. The Balaban J connectivity index is 1.62. The number of nitrogens with zero attached hydrogens (tertiary/aromatic N) is 2. The van der Waals surface area contributed by atoms with Gasteiger partial charge in [0.2, 0.25) is 0 Å². The van der Waals surface area contributed by atoms with Crippen molar-refractivity contribution in [1.29, 1.82) is 0 Å². The van der Waals surface area contributed by atoms with E-state index in [0.717, 1.165) is 16.6 Å². The van der Waals surface area contributed by atoms with E-state index in [1.807, 2.05) is 24.3 Å². The molecule has 0 bridgehead atoms. The number of benzene rings is 2. The zero-order valence-electron chi connectivity index (χ0n) is 11.1. The topological polar surface area (TPSA) is 59.0 Å². The average Bonchev–Trinajstić information content (AvgIpc) is 2.90. The van der Waals surface area contributed by atoms with Gasteiger partial charge in [-0.1, -0.05) is 24.3 Å². The number of nitrogens with one attached hydrogen (secondary N) is 2. The van der Waals surface area contributed by atoms with Crippen LogP contribution in [0.15, 0.2) is 54.9 Å². The number of urea groups is 1. The summed E-state index contributed by atoms with van der Waals surface area (Å²) in [5, 5.41) is 2.70. The number of hydrogen-bond acceptors (Lipinski definition) is 2. The first-order chi connectivity index (χ1) is 10.2. The minimum atomic E-state index is -0.359. The van der Waals surface area contributed by atoms with E-state index >= 15 is 0 Å². The molecule has 21 heavy (non-hydrogen) atoms. The fourth-order valence-corrected chi connectivity index (χ4v) is 1.98. The molecule has 0 saturated heterocycles. The highest BCUT2D eigenvalue weighted by Crippen LogP contribution is 2.09. The minimum absolute atomic E-state index is 0.298.